The van der Waals surface area contributed by atoms with E-state index in [9.17, 15) is 4.79 Å². The van der Waals surface area contributed by atoms with E-state index in [1.54, 1.807) is 13.3 Å². The van der Waals surface area contributed by atoms with Crippen LogP contribution in [0.4, 0.5) is 0 Å². The van der Waals surface area contributed by atoms with E-state index in [1.807, 2.05) is 11.6 Å². The zero-order chi connectivity index (χ0) is 11.3. The van der Waals surface area contributed by atoms with Crippen molar-refractivity contribution < 1.29 is 9.53 Å². The summed E-state index contributed by atoms with van der Waals surface area (Å²) in [5.41, 5.74) is 1.05. The van der Waals surface area contributed by atoms with Gasteiger partial charge in [0.15, 0.2) is 0 Å². The molecule has 5 heteroatoms. The van der Waals surface area contributed by atoms with Gasteiger partial charge in [-0.05, 0) is 22.4 Å². The molecular formula is C10H15BrN2O2. The summed E-state index contributed by atoms with van der Waals surface area (Å²) in [6, 6.07) is 0. The molecule has 4 nitrogen and oxygen atoms in total. The molecule has 1 unspecified atom stereocenters. The largest absolute Gasteiger partial charge is 0.383 e. The Bertz CT molecular complexity index is 325. The van der Waals surface area contributed by atoms with Gasteiger partial charge in [-0.1, -0.05) is 6.92 Å². The normalized spacial score (nSPS) is 12.7. The number of nitrogens with zero attached hydrogens (tertiary/aromatic N) is 2. The summed E-state index contributed by atoms with van der Waals surface area (Å²) in [5, 5.41) is 4.21. The monoisotopic (exact) mass is 274 g/mol. The molecule has 1 rings (SSSR count). The minimum absolute atomic E-state index is 0.0132. The Balaban J connectivity index is 2.74. The molecule has 0 saturated carbocycles. The van der Waals surface area contributed by atoms with Gasteiger partial charge in [0.1, 0.15) is 6.29 Å². The van der Waals surface area contributed by atoms with Crippen molar-refractivity contribution in [3.63, 3.8) is 0 Å². The second kappa shape index (κ2) is 6.02. The minimum Gasteiger partial charge on any atom is -0.383 e. The van der Waals surface area contributed by atoms with Crippen LogP contribution in [-0.4, -0.2) is 29.8 Å². The van der Waals surface area contributed by atoms with Gasteiger partial charge in [0.05, 0.1) is 29.5 Å². The number of hydrogen-bond acceptors (Lipinski definition) is 3. The molecule has 0 radical (unpaired) electrons. The molecule has 0 N–H and O–H groups in total. The number of hydrogen-bond donors (Lipinski definition) is 0. The molecule has 1 aromatic rings. The Hall–Kier alpha value is -0.680. The molecule has 0 fully saturated rings. The summed E-state index contributed by atoms with van der Waals surface area (Å²) >= 11 is 3.43. The number of aromatic nitrogens is 2. The molecule has 0 aromatic carbocycles. The number of methoxy groups -OCH3 is 1. The number of carbonyl (C=O) groups excluding carboxylic acids is 1. The van der Waals surface area contributed by atoms with Crippen molar-refractivity contribution in [1.82, 2.24) is 9.78 Å². The van der Waals surface area contributed by atoms with Crippen molar-refractivity contribution in [3.8, 4) is 0 Å². The van der Waals surface area contributed by atoms with Crippen molar-refractivity contribution in [1.29, 1.82) is 0 Å². The number of halogens is 1. The molecule has 84 valence electrons. The first-order valence-corrected chi connectivity index (χ1v) is 5.62. The van der Waals surface area contributed by atoms with Gasteiger partial charge in [-0.15, -0.1) is 0 Å². The molecular weight excluding hydrogens is 260 g/mol. The van der Waals surface area contributed by atoms with Crippen LogP contribution >= 0.6 is 15.9 Å². The van der Waals surface area contributed by atoms with Crippen LogP contribution in [0.1, 0.15) is 12.6 Å². The SMILES string of the molecule is COCCn1ncc(Br)c1CC(C)C=O. The van der Waals surface area contributed by atoms with Crippen molar-refractivity contribution in [2.75, 3.05) is 13.7 Å². The first-order valence-electron chi connectivity index (χ1n) is 4.83. The highest BCUT2D eigenvalue weighted by molar-refractivity contribution is 9.10. The van der Waals surface area contributed by atoms with Gasteiger partial charge in [-0.3, -0.25) is 4.68 Å². The smallest absolute Gasteiger partial charge is 0.123 e. The van der Waals surface area contributed by atoms with E-state index in [0.717, 1.165) is 16.5 Å². The van der Waals surface area contributed by atoms with Crippen molar-refractivity contribution in [3.05, 3.63) is 16.4 Å². The van der Waals surface area contributed by atoms with Gasteiger partial charge < -0.3 is 9.53 Å². The van der Waals surface area contributed by atoms with Crippen molar-refractivity contribution in [2.24, 2.45) is 5.92 Å². The van der Waals surface area contributed by atoms with E-state index in [4.69, 9.17) is 4.74 Å². The Kier molecular flexibility index (Phi) is 4.98. The van der Waals surface area contributed by atoms with Crippen molar-refractivity contribution >= 4 is 22.2 Å². The first-order chi connectivity index (χ1) is 7.19. The summed E-state index contributed by atoms with van der Waals surface area (Å²) in [6.07, 6.45) is 3.41. The lowest BCUT2D eigenvalue weighted by atomic mass is 10.1. The van der Waals surface area contributed by atoms with Crippen LogP contribution in [0.15, 0.2) is 10.7 Å². The maximum absolute atomic E-state index is 10.6. The highest BCUT2D eigenvalue weighted by atomic mass is 79.9. The van der Waals surface area contributed by atoms with Crippen LogP contribution in [0.5, 0.6) is 0 Å². The topological polar surface area (TPSA) is 44.1 Å². The second-order valence-corrected chi connectivity index (χ2v) is 4.33. The number of carbonyl (C=O) groups is 1. The summed E-state index contributed by atoms with van der Waals surface area (Å²) in [7, 11) is 1.66. The Morgan fingerprint density at radius 1 is 1.73 bits per heavy atom. The van der Waals surface area contributed by atoms with Gasteiger partial charge in [-0.2, -0.15) is 5.10 Å². The summed E-state index contributed by atoms with van der Waals surface area (Å²) in [6.45, 7) is 3.23. The lowest BCUT2D eigenvalue weighted by molar-refractivity contribution is -0.110. The van der Waals surface area contributed by atoms with Crippen LogP contribution in [0.3, 0.4) is 0 Å². The number of aldehydes is 1. The van der Waals surface area contributed by atoms with Gasteiger partial charge >= 0.3 is 0 Å². The van der Waals surface area contributed by atoms with Crippen LogP contribution in [0, 0.1) is 5.92 Å². The first kappa shape index (κ1) is 12.4. The van der Waals surface area contributed by atoms with Crippen LogP contribution in [0.2, 0.25) is 0 Å². The minimum atomic E-state index is 0.0132. The third kappa shape index (κ3) is 3.43. The molecule has 0 bridgehead atoms. The average Bonchev–Trinajstić information content (AvgIpc) is 2.57. The number of rotatable bonds is 6. The lowest BCUT2D eigenvalue weighted by Crippen LogP contribution is -2.12. The molecule has 15 heavy (non-hydrogen) atoms. The highest BCUT2D eigenvalue weighted by Crippen LogP contribution is 2.18. The predicted molar refractivity (Wildman–Crippen MR) is 60.7 cm³/mol. The van der Waals surface area contributed by atoms with E-state index in [1.165, 1.54) is 0 Å². The second-order valence-electron chi connectivity index (χ2n) is 3.47. The fourth-order valence-corrected chi connectivity index (χ4v) is 1.77. The van der Waals surface area contributed by atoms with E-state index in [2.05, 4.69) is 21.0 Å². The summed E-state index contributed by atoms with van der Waals surface area (Å²) in [4.78, 5) is 10.6. The van der Waals surface area contributed by atoms with Gasteiger partial charge in [0.2, 0.25) is 0 Å². The molecule has 1 atom stereocenters. The Morgan fingerprint density at radius 3 is 3.07 bits per heavy atom. The zero-order valence-corrected chi connectivity index (χ0v) is 10.5. The zero-order valence-electron chi connectivity index (χ0n) is 8.94. The van der Waals surface area contributed by atoms with E-state index in [0.29, 0.717) is 19.6 Å². The molecule has 0 saturated heterocycles. The summed E-state index contributed by atoms with van der Waals surface area (Å²) < 4.78 is 7.82. The quantitative estimate of drug-likeness (QED) is 0.742. The van der Waals surface area contributed by atoms with Crippen LogP contribution in [0.25, 0.3) is 0 Å². The molecule has 1 heterocycles. The van der Waals surface area contributed by atoms with E-state index in [-0.39, 0.29) is 5.92 Å². The molecule has 0 aliphatic rings. The molecule has 0 amide bonds. The number of ether oxygens (including phenoxy) is 1. The van der Waals surface area contributed by atoms with E-state index < -0.39 is 0 Å². The lowest BCUT2D eigenvalue weighted by Gasteiger charge is -2.08. The fourth-order valence-electron chi connectivity index (χ4n) is 1.31. The molecule has 0 aliphatic heterocycles. The summed E-state index contributed by atoms with van der Waals surface area (Å²) in [5.74, 6) is 0.0132. The van der Waals surface area contributed by atoms with Crippen LogP contribution in [-0.2, 0) is 22.5 Å². The van der Waals surface area contributed by atoms with Crippen molar-refractivity contribution in [2.45, 2.75) is 19.9 Å². The average molecular weight is 275 g/mol. The maximum atomic E-state index is 10.6. The Morgan fingerprint density at radius 2 is 2.47 bits per heavy atom. The molecule has 0 spiro atoms. The Labute approximate surface area is 97.7 Å². The van der Waals surface area contributed by atoms with E-state index >= 15 is 0 Å². The predicted octanol–water partition coefficient (Wildman–Crippen LogP) is 1.67. The van der Waals surface area contributed by atoms with Gasteiger partial charge in [0, 0.05) is 13.0 Å². The van der Waals surface area contributed by atoms with Crippen LogP contribution < -0.4 is 0 Å². The third-order valence-corrected chi connectivity index (χ3v) is 2.82. The molecule has 1 aromatic heterocycles. The van der Waals surface area contributed by atoms with Gasteiger partial charge in [0.25, 0.3) is 0 Å². The fraction of sp³-hybridized carbons (Fsp3) is 0.600. The maximum Gasteiger partial charge on any atom is 0.123 e. The third-order valence-electron chi connectivity index (χ3n) is 2.15. The van der Waals surface area contributed by atoms with Gasteiger partial charge in [-0.25, -0.2) is 0 Å². The molecule has 0 aliphatic carbocycles. The standard InChI is InChI=1S/C10H15BrN2O2/c1-8(7-14)5-10-9(11)6-12-13(10)3-4-15-2/h6-8H,3-5H2,1-2H3. The highest BCUT2D eigenvalue weighted by Gasteiger charge is 2.11.